The topological polar surface area (TPSA) is 41.5 Å². The second kappa shape index (κ2) is 8.09. The highest BCUT2D eigenvalue weighted by Crippen LogP contribution is 2.33. The number of carbonyl (C=O) groups excluding carboxylic acids is 1. The molecule has 1 aromatic rings. The Morgan fingerprint density at radius 2 is 1.96 bits per heavy atom. The first-order chi connectivity index (χ1) is 11.3. The van der Waals surface area contributed by atoms with E-state index in [0.29, 0.717) is 0 Å². The number of fused-ring (bicyclic) bond motifs is 1. The highest BCUT2D eigenvalue weighted by molar-refractivity contribution is 7.14. The summed E-state index contributed by atoms with van der Waals surface area (Å²) in [5.74, 6) is 0.773. The van der Waals surface area contributed by atoms with Gasteiger partial charge in [-0.05, 0) is 62.5 Å². The maximum atomic E-state index is 12.4. The van der Waals surface area contributed by atoms with Crippen molar-refractivity contribution in [2.45, 2.75) is 77.6 Å². The van der Waals surface area contributed by atoms with Crippen LogP contribution in [0.25, 0.3) is 0 Å². The van der Waals surface area contributed by atoms with Crippen LogP contribution in [-0.2, 0) is 12.8 Å². The average molecular weight is 333 g/mol. The third kappa shape index (κ3) is 4.43. The fraction of sp³-hybridized carbons (Fsp3) is 0.684. The number of amides is 1. The Balaban J connectivity index is 1.61. The van der Waals surface area contributed by atoms with Crippen molar-refractivity contribution in [2.75, 3.05) is 0 Å². The quantitative estimate of drug-likeness (QED) is 0.769. The SMILES string of the molecule is CCC1CCc2sc(C(=O)NN=C3CCCCCCC3)cc2C1. The molecule has 1 fully saturated rings. The van der Waals surface area contributed by atoms with Gasteiger partial charge >= 0.3 is 0 Å². The van der Waals surface area contributed by atoms with Gasteiger partial charge in [0.05, 0.1) is 4.88 Å². The summed E-state index contributed by atoms with van der Waals surface area (Å²) < 4.78 is 0. The van der Waals surface area contributed by atoms with Crippen molar-refractivity contribution in [1.82, 2.24) is 5.43 Å². The molecule has 0 bridgehead atoms. The van der Waals surface area contributed by atoms with Crippen LogP contribution in [0.1, 0.15) is 84.8 Å². The number of carbonyl (C=O) groups is 1. The van der Waals surface area contributed by atoms with E-state index in [1.807, 2.05) is 0 Å². The molecule has 4 heteroatoms. The molecule has 126 valence electrons. The van der Waals surface area contributed by atoms with Crippen molar-refractivity contribution in [3.8, 4) is 0 Å². The van der Waals surface area contributed by atoms with Crippen LogP contribution in [0.2, 0.25) is 0 Å². The number of hydrogen-bond donors (Lipinski definition) is 1. The van der Waals surface area contributed by atoms with Crippen LogP contribution in [-0.4, -0.2) is 11.6 Å². The molecule has 1 atom stereocenters. The van der Waals surface area contributed by atoms with Crippen LogP contribution in [0.4, 0.5) is 0 Å². The second-order valence-corrected chi connectivity index (χ2v) is 8.10. The van der Waals surface area contributed by atoms with E-state index in [2.05, 4.69) is 23.5 Å². The molecule has 1 unspecified atom stereocenters. The van der Waals surface area contributed by atoms with E-state index in [1.165, 1.54) is 61.1 Å². The van der Waals surface area contributed by atoms with Crippen LogP contribution in [0.5, 0.6) is 0 Å². The summed E-state index contributed by atoms with van der Waals surface area (Å²) in [4.78, 5) is 14.7. The van der Waals surface area contributed by atoms with Crippen molar-refractivity contribution in [2.24, 2.45) is 11.0 Å². The van der Waals surface area contributed by atoms with Gasteiger partial charge in [0.15, 0.2) is 0 Å². The van der Waals surface area contributed by atoms with Gasteiger partial charge in [-0.3, -0.25) is 4.79 Å². The van der Waals surface area contributed by atoms with Gasteiger partial charge in [-0.25, -0.2) is 5.43 Å². The van der Waals surface area contributed by atoms with Crippen molar-refractivity contribution in [3.05, 3.63) is 21.4 Å². The third-order valence-corrected chi connectivity index (χ3v) is 6.47. The smallest absolute Gasteiger partial charge is 0.266 e. The summed E-state index contributed by atoms with van der Waals surface area (Å²) in [6, 6.07) is 2.11. The Morgan fingerprint density at radius 1 is 1.22 bits per heavy atom. The predicted molar refractivity (Wildman–Crippen MR) is 97.3 cm³/mol. The van der Waals surface area contributed by atoms with Gasteiger partial charge in [-0.15, -0.1) is 11.3 Å². The van der Waals surface area contributed by atoms with E-state index >= 15 is 0 Å². The summed E-state index contributed by atoms with van der Waals surface area (Å²) in [6.07, 6.45) is 13.2. The highest BCUT2D eigenvalue weighted by atomic mass is 32.1. The molecule has 3 nitrogen and oxygen atoms in total. The molecule has 1 aromatic heterocycles. The minimum absolute atomic E-state index is 0.0213. The third-order valence-electron chi connectivity index (χ3n) is 5.23. The number of nitrogens with one attached hydrogen (secondary N) is 1. The van der Waals surface area contributed by atoms with Crippen molar-refractivity contribution < 1.29 is 4.79 Å². The molecule has 2 aliphatic rings. The molecule has 23 heavy (non-hydrogen) atoms. The second-order valence-electron chi connectivity index (χ2n) is 6.96. The van der Waals surface area contributed by atoms with Gasteiger partial charge in [0, 0.05) is 10.6 Å². The van der Waals surface area contributed by atoms with E-state index in [9.17, 15) is 4.79 Å². The fourth-order valence-corrected chi connectivity index (χ4v) is 4.77. The molecule has 0 aromatic carbocycles. The molecule has 3 rings (SSSR count). The lowest BCUT2D eigenvalue weighted by atomic mass is 9.87. The highest BCUT2D eigenvalue weighted by Gasteiger charge is 2.22. The maximum absolute atomic E-state index is 12.4. The molecule has 1 N–H and O–H groups in total. The molecule has 0 spiro atoms. The number of hydrogen-bond acceptors (Lipinski definition) is 3. The fourth-order valence-electron chi connectivity index (χ4n) is 3.67. The monoisotopic (exact) mass is 332 g/mol. The normalized spacial score (nSPS) is 22.0. The summed E-state index contributed by atoms with van der Waals surface area (Å²) >= 11 is 1.67. The lowest BCUT2D eigenvalue weighted by Gasteiger charge is -2.19. The number of hydrazone groups is 1. The van der Waals surface area contributed by atoms with E-state index in [0.717, 1.165) is 36.5 Å². The van der Waals surface area contributed by atoms with E-state index in [1.54, 1.807) is 11.3 Å². The maximum Gasteiger partial charge on any atom is 0.281 e. The standard InChI is InChI=1S/C19H28N2OS/c1-2-14-10-11-17-15(12-14)13-18(23-17)19(22)21-20-16-8-6-4-3-5-7-9-16/h13-14H,2-12H2,1H3,(H,21,22). The van der Waals surface area contributed by atoms with Gasteiger partial charge in [0.1, 0.15) is 0 Å². The summed E-state index contributed by atoms with van der Waals surface area (Å²) in [5.41, 5.74) is 5.38. The molecule has 0 radical (unpaired) electrons. The average Bonchev–Trinajstić information content (AvgIpc) is 2.96. The minimum Gasteiger partial charge on any atom is -0.266 e. The van der Waals surface area contributed by atoms with Crippen LogP contribution in [0.3, 0.4) is 0 Å². The Kier molecular flexibility index (Phi) is 5.87. The zero-order valence-electron chi connectivity index (χ0n) is 14.2. The molecule has 2 aliphatic carbocycles. The molecule has 1 heterocycles. The van der Waals surface area contributed by atoms with E-state index in [-0.39, 0.29) is 5.91 Å². The first kappa shape index (κ1) is 16.7. The van der Waals surface area contributed by atoms with Crippen LogP contribution >= 0.6 is 11.3 Å². The van der Waals surface area contributed by atoms with E-state index in [4.69, 9.17) is 0 Å². The number of rotatable bonds is 3. The van der Waals surface area contributed by atoms with E-state index < -0.39 is 0 Å². The van der Waals surface area contributed by atoms with Crippen molar-refractivity contribution >= 4 is 23.0 Å². The minimum atomic E-state index is -0.0213. The summed E-state index contributed by atoms with van der Waals surface area (Å²) in [5, 5.41) is 4.42. The summed E-state index contributed by atoms with van der Waals surface area (Å²) in [6.45, 7) is 2.26. The molecule has 1 saturated carbocycles. The molecule has 1 amide bonds. The van der Waals surface area contributed by atoms with Gasteiger partial charge in [0.25, 0.3) is 5.91 Å². The van der Waals surface area contributed by atoms with Crippen LogP contribution in [0, 0.1) is 5.92 Å². The van der Waals surface area contributed by atoms with Crippen molar-refractivity contribution in [1.29, 1.82) is 0 Å². The molecular weight excluding hydrogens is 304 g/mol. The predicted octanol–water partition coefficient (Wildman–Crippen LogP) is 5.09. The first-order valence-corrected chi connectivity index (χ1v) is 10.0. The van der Waals surface area contributed by atoms with Gasteiger partial charge in [0.2, 0.25) is 0 Å². The molecule has 0 saturated heterocycles. The largest absolute Gasteiger partial charge is 0.281 e. The Morgan fingerprint density at radius 3 is 2.70 bits per heavy atom. The van der Waals surface area contributed by atoms with Crippen LogP contribution in [0.15, 0.2) is 11.2 Å². The number of thiophene rings is 1. The zero-order chi connectivity index (χ0) is 16.1. The molecular formula is C19H28N2OS. The number of aryl methyl sites for hydroxylation is 1. The van der Waals surface area contributed by atoms with Gasteiger partial charge < -0.3 is 0 Å². The molecule has 0 aliphatic heterocycles. The van der Waals surface area contributed by atoms with Crippen molar-refractivity contribution in [3.63, 3.8) is 0 Å². The number of nitrogens with zero attached hydrogens (tertiary/aromatic N) is 1. The van der Waals surface area contributed by atoms with Gasteiger partial charge in [-0.1, -0.05) is 32.6 Å². The Bertz CT molecular complexity index is 566. The zero-order valence-corrected chi connectivity index (χ0v) is 15.0. The first-order valence-electron chi connectivity index (χ1n) is 9.23. The Labute approximate surface area is 143 Å². The summed E-state index contributed by atoms with van der Waals surface area (Å²) in [7, 11) is 0. The van der Waals surface area contributed by atoms with Gasteiger partial charge in [-0.2, -0.15) is 5.10 Å². The van der Waals surface area contributed by atoms with Crippen LogP contribution < -0.4 is 5.43 Å². The Hall–Kier alpha value is -1.16. The lowest BCUT2D eigenvalue weighted by molar-refractivity contribution is 0.0958. The lowest BCUT2D eigenvalue weighted by Crippen LogP contribution is -2.19.